The molecule has 0 saturated carbocycles. The number of nitrogens with two attached hydrogens (primary N) is 1. The van der Waals surface area contributed by atoms with Gasteiger partial charge in [0.25, 0.3) is 0 Å². The molecule has 1 atom stereocenters. The SMILES string of the molecule is CCCCCCNC(N)=NCC1CCN(c2cc(OC)cc(OC)c2)C1.I. The Morgan fingerprint density at radius 3 is 2.52 bits per heavy atom. The second-order valence-electron chi connectivity index (χ2n) is 6.88. The van der Waals surface area contributed by atoms with Gasteiger partial charge in [-0.3, -0.25) is 4.99 Å². The molecule has 1 heterocycles. The summed E-state index contributed by atoms with van der Waals surface area (Å²) in [4.78, 5) is 6.89. The van der Waals surface area contributed by atoms with Crippen LogP contribution >= 0.6 is 24.0 Å². The van der Waals surface area contributed by atoms with E-state index in [4.69, 9.17) is 15.2 Å². The lowest BCUT2D eigenvalue weighted by Crippen LogP contribution is -2.33. The number of guanidine groups is 1. The van der Waals surface area contributed by atoms with E-state index in [0.29, 0.717) is 11.9 Å². The molecule has 154 valence electrons. The molecule has 0 spiro atoms. The lowest BCUT2D eigenvalue weighted by Gasteiger charge is -2.20. The summed E-state index contributed by atoms with van der Waals surface area (Å²) in [6, 6.07) is 6.01. The van der Waals surface area contributed by atoms with Crippen LogP contribution in [-0.2, 0) is 0 Å². The fraction of sp³-hybridized carbons (Fsp3) is 0.650. The van der Waals surface area contributed by atoms with E-state index in [1.807, 2.05) is 6.07 Å². The molecule has 7 heteroatoms. The number of nitrogens with zero attached hydrogens (tertiary/aromatic N) is 2. The fourth-order valence-electron chi connectivity index (χ4n) is 3.24. The Morgan fingerprint density at radius 1 is 1.19 bits per heavy atom. The molecule has 0 amide bonds. The summed E-state index contributed by atoms with van der Waals surface area (Å²) in [6.45, 7) is 5.89. The number of unbranched alkanes of at least 4 members (excludes halogenated alkanes) is 3. The lowest BCUT2D eigenvalue weighted by atomic mass is 10.1. The number of aliphatic imine (C=N–C) groups is 1. The van der Waals surface area contributed by atoms with E-state index in [0.717, 1.165) is 56.2 Å². The maximum absolute atomic E-state index is 5.98. The summed E-state index contributed by atoms with van der Waals surface area (Å²) in [5.74, 6) is 2.73. The molecule has 1 fully saturated rings. The molecule has 0 aliphatic carbocycles. The zero-order valence-electron chi connectivity index (χ0n) is 16.9. The molecule has 3 N–H and O–H groups in total. The zero-order valence-corrected chi connectivity index (χ0v) is 19.2. The van der Waals surface area contributed by atoms with E-state index >= 15 is 0 Å². The Bertz CT molecular complexity index is 561. The second-order valence-corrected chi connectivity index (χ2v) is 6.88. The molecule has 1 aromatic rings. The van der Waals surface area contributed by atoms with Crippen LogP contribution in [0.3, 0.4) is 0 Å². The highest BCUT2D eigenvalue weighted by Crippen LogP contribution is 2.31. The van der Waals surface area contributed by atoms with Crippen LogP contribution in [0.25, 0.3) is 0 Å². The number of halogens is 1. The quantitative estimate of drug-likeness (QED) is 0.227. The predicted octanol–water partition coefficient (Wildman–Crippen LogP) is 3.63. The predicted molar refractivity (Wildman–Crippen MR) is 124 cm³/mol. The van der Waals surface area contributed by atoms with Crippen molar-refractivity contribution in [3.63, 3.8) is 0 Å². The monoisotopic (exact) mass is 490 g/mol. The highest BCUT2D eigenvalue weighted by Gasteiger charge is 2.23. The Morgan fingerprint density at radius 2 is 1.89 bits per heavy atom. The van der Waals surface area contributed by atoms with E-state index in [9.17, 15) is 0 Å². The molecule has 1 aliphatic heterocycles. The Labute approximate surface area is 180 Å². The molecular formula is C20H35IN4O2. The molecule has 0 aromatic heterocycles. The molecule has 1 aromatic carbocycles. The third-order valence-electron chi connectivity index (χ3n) is 4.84. The van der Waals surface area contributed by atoms with Gasteiger partial charge in [0, 0.05) is 50.1 Å². The van der Waals surface area contributed by atoms with Crippen molar-refractivity contribution in [3.8, 4) is 11.5 Å². The van der Waals surface area contributed by atoms with Crippen molar-refractivity contribution in [3.05, 3.63) is 18.2 Å². The standard InChI is InChI=1S/C20H34N4O2.HI/c1-4-5-6-7-9-22-20(21)23-14-16-8-10-24(15-16)17-11-18(25-2)13-19(12-17)26-3;/h11-13,16H,4-10,14-15H2,1-3H3,(H3,21,22,23);1H. The third-order valence-corrected chi connectivity index (χ3v) is 4.84. The van der Waals surface area contributed by atoms with E-state index in [2.05, 4.69) is 34.3 Å². The van der Waals surface area contributed by atoms with Gasteiger partial charge in [0.2, 0.25) is 0 Å². The average molecular weight is 490 g/mol. The van der Waals surface area contributed by atoms with Gasteiger partial charge < -0.3 is 25.4 Å². The number of benzene rings is 1. The van der Waals surface area contributed by atoms with Crippen LogP contribution in [0.15, 0.2) is 23.2 Å². The van der Waals surface area contributed by atoms with Gasteiger partial charge in [-0.15, -0.1) is 24.0 Å². The van der Waals surface area contributed by atoms with E-state index in [1.54, 1.807) is 14.2 Å². The number of hydrogen-bond donors (Lipinski definition) is 2. The summed E-state index contributed by atoms with van der Waals surface area (Å²) in [6.07, 6.45) is 6.05. The maximum atomic E-state index is 5.98. The van der Waals surface area contributed by atoms with Crippen molar-refractivity contribution in [1.29, 1.82) is 0 Å². The van der Waals surface area contributed by atoms with Crippen molar-refractivity contribution in [1.82, 2.24) is 5.32 Å². The minimum absolute atomic E-state index is 0. The summed E-state index contributed by atoms with van der Waals surface area (Å²) in [7, 11) is 3.36. The zero-order chi connectivity index (χ0) is 18.8. The lowest BCUT2D eigenvalue weighted by molar-refractivity contribution is 0.394. The number of hydrogen-bond acceptors (Lipinski definition) is 4. The first kappa shape index (κ1) is 23.7. The molecule has 2 rings (SSSR count). The van der Waals surface area contributed by atoms with Crippen LogP contribution in [0, 0.1) is 5.92 Å². The van der Waals surface area contributed by atoms with E-state index in [1.165, 1.54) is 19.3 Å². The molecular weight excluding hydrogens is 455 g/mol. The number of ether oxygens (including phenoxy) is 2. The number of rotatable bonds is 10. The summed E-state index contributed by atoms with van der Waals surface area (Å²) >= 11 is 0. The highest BCUT2D eigenvalue weighted by atomic mass is 127. The van der Waals surface area contributed by atoms with Crippen LogP contribution in [0.1, 0.15) is 39.0 Å². The molecule has 0 bridgehead atoms. The Kier molecular flexibility index (Phi) is 11.3. The fourth-order valence-corrected chi connectivity index (χ4v) is 3.24. The molecule has 1 aliphatic rings. The second kappa shape index (κ2) is 12.9. The molecule has 27 heavy (non-hydrogen) atoms. The first-order valence-corrected chi connectivity index (χ1v) is 9.68. The van der Waals surface area contributed by atoms with Crippen molar-refractivity contribution in [2.24, 2.45) is 16.6 Å². The van der Waals surface area contributed by atoms with Crippen LogP contribution < -0.4 is 25.4 Å². The summed E-state index contributed by atoms with van der Waals surface area (Å²) in [5, 5.41) is 3.22. The van der Waals surface area contributed by atoms with Gasteiger partial charge in [0.15, 0.2) is 5.96 Å². The molecule has 0 radical (unpaired) electrons. The minimum atomic E-state index is 0. The van der Waals surface area contributed by atoms with Crippen molar-refractivity contribution in [2.45, 2.75) is 39.0 Å². The summed E-state index contributed by atoms with van der Waals surface area (Å²) in [5.41, 5.74) is 7.11. The van der Waals surface area contributed by atoms with Gasteiger partial charge in [0.1, 0.15) is 11.5 Å². The van der Waals surface area contributed by atoms with Crippen molar-refractivity contribution < 1.29 is 9.47 Å². The van der Waals surface area contributed by atoms with Crippen LogP contribution in [0.2, 0.25) is 0 Å². The largest absolute Gasteiger partial charge is 0.497 e. The topological polar surface area (TPSA) is 72.1 Å². The minimum Gasteiger partial charge on any atom is -0.497 e. The normalized spacial score (nSPS) is 16.8. The smallest absolute Gasteiger partial charge is 0.188 e. The number of anilines is 1. The van der Waals surface area contributed by atoms with Gasteiger partial charge >= 0.3 is 0 Å². The Hall–Kier alpha value is -1.38. The molecule has 1 saturated heterocycles. The molecule has 6 nitrogen and oxygen atoms in total. The average Bonchev–Trinajstić information content (AvgIpc) is 3.15. The van der Waals surface area contributed by atoms with Crippen molar-refractivity contribution >= 4 is 35.6 Å². The highest BCUT2D eigenvalue weighted by molar-refractivity contribution is 14.0. The van der Waals surface area contributed by atoms with Crippen LogP contribution in [0.4, 0.5) is 5.69 Å². The summed E-state index contributed by atoms with van der Waals surface area (Å²) < 4.78 is 10.7. The van der Waals surface area contributed by atoms with Gasteiger partial charge in [-0.1, -0.05) is 26.2 Å². The van der Waals surface area contributed by atoms with Gasteiger partial charge in [-0.05, 0) is 18.8 Å². The molecule has 1 unspecified atom stereocenters. The first-order chi connectivity index (χ1) is 12.7. The van der Waals surface area contributed by atoms with E-state index in [-0.39, 0.29) is 24.0 Å². The first-order valence-electron chi connectivity index (χ1n) is 9.68. The number of nitrogens with one attached hydrogen (secondary N) is 1. The van der Waals surface area contributed by atoms with E-state index < -0.39 is 0 Å². The van der Waals surface area contributed by atoms with Gasteiger partial charge in [0.05, 0.1) is 14.2 Å². The van der Waals surface area contributed by atoms with Crippen molar-refractivity contribution in [2.75, 3.05) is 45.3 Å². The van der Waals surface area contributed by atoms with Crippen LogP contribution in [-0.4, -0.2) is 46.4 Å². The van der Waals surface area contributed by atoms with Gasteiger partial charge in [-0.2, -0.15) is 0 Å². The van der Waals surface area contributed by atoms with Gasteiger partial charge in [-0.25, -0.2) is 0 Å². The maximum Gasteiger partial charge on any atom is 0.188 e. The number of methoxy groups -OCH3 is 2. The van der Waals surface area contributed by atoms with Crippen LogP contribution in [0.5, 0.6) is 11.5 Å². The Balaban J connectivity index is 0.00000364. The third kappa shape index (κ3) is 8.02.